The Morgan fingerprint density at radius 1 is 1.13 bits per heavy atom. The number of aromatic nitrogens is 1. The molecule has 0 spiro atoms. The van der Waals surface area contributed by atoms with Crippen LogP contribution in [0.3, 0.4) is 0 Å². The average molecular weight is 306 g/mol. The lowest BCUT2D eigenvalue weighted by molar-refractivity contribution is 0.0350. The van der Waals surface area contributed by atoms with Crippen LogP contribution in [-0.4, -0.2) is 29.0 Å². The zero-order valence-corrected chi connectivity index (χ0v) is 13.7. The van der Waals surface area contributed by atoms with Crippen molar-refractivity contribution in [1.82, 2.24) is 9.88 Å². The molecule has 5 heterocycles. The highest BCUT2D eigenvalue weighted by atomic mass is 16.3. The molecule has 3 aliphatic rings. The Kier molecular flexibility index (Phi) is 2.84. The fourth-order valence-corrected chi connectivity index (χ4v) is 4.99. The van der Waals surface area contributed by atoms with Crippen molar-refractivity contribution < 1.29 is 4.42 Å². The van der Waals surface area contributed by atoms with Crippen molar-refractivity contribution >= 4 is 22.1 Å². The van der Waals surface area contributed by atoms with E-state index in [9.17, 15) is 0 Å². The van der Waals surface area contributed by atoms with Crippen molar-refractivity contribution in [2.45, 2.75) is 38.6 Å². The Bertz CT molecular complexity index is 887. The Labute approximate surface area is 136 Å². The summed E-state index contributed by atoms with van der Waals surface area (Å²) in [5, 5.41) is 2.36. The molecule has 3 heteroatoms. The highest BCUT2D eigenvalue weighted by Crippen LogP contribution is 2.47. The molecule has 118 valence electrons. The van der Waals surface area contributed by atoms with Gasteiger partial charge < -0.3 is 9.32 Å². The van der Waals surface area contributed by atoms with Crippen molar-refractivity contribution in [3.63, 3.8) is 0 Å². The number of pyridine rings is 1. The Balaban J connectivity index is 1.79. The number of hydrogen-bond acceptors (Lipinski definition) is 3. The minimum atomic E-state index is 0.585. The maximum Gasteiger partial charge on any atom is 0.227 e. The van der Waals surface area contributed by atoms with Crippen LogP contribution in [0.5, 0.6) is 0 Å². The van der Waals surface area contributed by atoms with Crippen LogP contribution < -0.4 is 0 Å². The van der Waals surface area contributed by atoms with Crippen LogP contribution in [-0.2, 0) is 0 Å². The summed E-state index contributed by atoms with van der Waals surface area (Å²) < 4.78 is 6.24. The normalized spacial score (nSPS) is 30.3. The van der Waals surface area contributed by atoms with E-state index in [1.807, 2.05) is 12.3 Å². The molecule has 0 saturated carbocycles. The van der Waals surface area contributed by atoms with Crippen LogP contribution in [0.25, 0.3) is 22.1 Å². The zero-order valence-electron chi connectivity index (χ0n) is 13.7. The summed E-state index contributed by atoms with van der Waals surface area (Å²) in [6.07, 6.45) is 4.46. The summed E-state index contributed by atoms with van der Waals surface area (Å²) in [6, 6.07) is 9.19. The van der Waals surface area contributed by atoms with Crippen molar-refractivity contribution in [1.29, 1.82) is 0 Å². The van der Waals surface area contributed by atoms with Crippen molar-refractivity contribution in [3.8, 4) is 0 Å². The van der Waals surface area contributed by atoms with Gasteiger partial charge in [-0.2, -0.15) is 0 Å². The third-order valence-corrected chi connectivity index (χ3v) is 6.19. The number of hydrogen-bond donors (Lipinski definition) is 0. The Morgan fingerprint density at radius 3 is 2.74 bits per heavy atom. The van der Waals surface area contributed by atoms with Crippen LogP contribution in [0.15, 0.2) is 34.9 Å². The monoisotopic (exact) mass is 306 g/mol. The van der Waals surface area contributed by atoms with E-state index in [2.05, 4.69) is 41.9 Å². The van der Waals surface area contributed by atoms with Gasteiger partial charge in [-0.3, -0.25) is 0 Å². The second kappa shape index (κ2) is 4.81. The number of benzene rings is 1. The third kappa shape index (κ3) is 1.83. The lowest BCUT2D eigenvalue weighted by Crippen LogP contribution is -2.52. The first-order chi connectivity index (χ1) is 11.2. The van der Waals surface area contributed by atoms with E-state index in [0.29, 0.717) is 12.0 Å². The molecule has 3 nitrogen and oxygen atoms in total. The maximum absolute atomic E-state index is 6.24. The molecule has 3 saturated heterocycles. The molecule has 23 heavy (non-hydrogen) atoms. The van der Waals surface area contributed by atoms with Gasteiger partial charge in [0, 0.05) is 34.5 Å². The van der Waals surface area contributed by atoms with Gasteiger partial charge in [0.1, 0.15) is 5.58 Å². The molecule has 1 unspecified atom stereocenters. The summed E-state index contributed by atoms with van der Waals surface area (Å²) in [5.41, 5.74) is 4.64. The van der Waals surface area contributed by atoms with E-state index < -0.39 is 0 Å². The number of furan rings is 1. The van der Waals surface area contributed by atoms with E-state index in [1.165, 1.54) is 42.4 Å². The quantitative estimate of drug-likeness (QED) is 0.663. The zero-order chi connectivity index (χ0) is 15.6. The number of piperidine rings is 3. The van der Waals surface area contributed by atoms with E-state index >= 15 is 0 Å². The van der Waals surface area contributed by atoms with E-state index in [0.717, 1.165) is 22.6 Å². The van der Waals surface area contributed by atoms with Gasteiger partial charge in [0.15, 0.2) is 0 Å². The van der Waals surface area contributed by atoms with Gasteiger partial charge in [0.05, 0.1) is 0 Å². The summed E-state index contributed by atoms with van der Waals surface area (Å²) in [4.78, 5) is 7.08. The van der Waals surface area contributed by atoms with Gasteiger partial charge in [0.25, 0.3) is 0 Å². The number of aryl methyl sites for hydroxylation is 1. The van der Waals surface area contributed by atoms with Gasteiger partial charge >= 0.3 is 0 Å². The summed E-state index contributed by atoms with van der Waals surface area (Å²) >= 11 is 0. The van der Waals surface area contributed by atoms with E-state index in [1.54, 1.807) is 0 Å². The first kappa shape index (κ1) is 13.6. The summed E-state index contributed by atoms with van der Waals surface area (Å²) in [5.74, 6) is 1.38. The molecule has 0 aliphatic carbocycles. The van der Waals surface area contributed by atoms with Crippen LogP contribution >= 0.6 is 0 Å². The number of rotatable bonds is 1. The molecule has 3 fully saturated rings. The van der Waals surface area contributed by atoms with E-state index in [-0.39, 0.29) is 0 Å². The van der Waals surface area contributed by atoms with Gasteiger partial charge in [-0.05, 0) is 63.4 Å². The van der Waals surface area contributed by atoms with E-state index in [4.69, 9.17) is 4.42 Å². The molecule has 2 aromatic heterocycles. The largest absolute Gasteiger partial charge is 0.437 e. The number of fused-ring (bicyclic) bond motifs is 6. The van der Waals surface area contributed by atoms with Crippen molar-refractivity contribution in [2.24, 2.45) is 5.92 Å². The molecule has 2 atom stereocenters. The molecule has 0 radical (unpaired) electrons. The third-order valence-electron chi connectivity index (χ3n) is 6.19. The molecular weight excluding hydrogens is 284 g/mol. The lowest BCUT2D eigenvalue weighted by atomic mass is 9.70. The fourth-order valence-electron chi connectivity index (χ4n) is 4.99. The number of nitrogens with zero attached hydrogens (tertiary/aromatic N) is 2. The fraction of sp³-hybridized carbons (Fsp3) is 0.450. The van der Waals surface area contributed by atoms with Crippen molar-refractivity contribution in [2.75, 3.05) is 13.1 Å². The van der Waals surface area contributed by atoms with Gasteiger partial charge in [0.2, 0.25) is 5.71 Å². The SMILES string of the molecule is Cc1ccc2c(oc3ncccc32)c1C1C2CCN(CC2)[C@@H]1C. The summed E-state index contributed by atoms with van der Waals surface area (Å²) in [6.45, 7) is 7.16. The second-order valence-electron chi connectivity index (χ2n) is 7.27. The standard InChI is InChI=1S/C20H22N2O/c1-12-5-6-15-16-4-3-9-21-20(16)23-19(15)17(12)18-13(2)22-10-7-14(18)8-11-22/h3-6,9,13-14,18H,7-8,10-11H2,1-2H3/t13-,18?/m1/s1. The molecular formula is C20H22N2O. The Hall–Kier alpha value is -1.87. The first-order valence-corrected chi connectivity index (χ1v) is 8.75. The second-order valence-corrected chi connectivity index (χ2v) is 7.27. The predicted molar refractivity (Wildman–Crippen MR) is 92.8 cm³/mol. The van der Waals surface area contributed by atoms with Crippen molar-refractivity contribution in [3.05, 3.63) is 41.6 Å². The molecule has 0 amide bonds. The minimum absolute atomic E-state index is 0.585. The summed E-state index contributed by atoms with van der Waals surface area (Å²) in [7, 11) is 0. The van der Waals surface area contributed by atoms with Crippen LogP contribution in [0, 0.1) is 12.8 Å². The van der Waals surface area contributed by atoms with Gasteiger partial charge in [-0.25, -0.2) is 4.98 Å². The molecule has 1 aromatic carbocycles. The highest BCUT2D eigenvalue weighted by molar-refractivity contribution is 6.05. The molecule has 2 bridgehead atoms. The maximum atomic E-state index is 6.24. The molecule has 3 aliphatic heterocycles. The van der Waals surface area contributed by atoms with Crippen LogP contribution in [0.2, 0.25) is 0 Å². The highest BCUT2D eigenvalue weighted by Gasteiger charge is 2.42. The molecule has 6 rings (SSSR count). The minimum Gasteiger partial charge on any atom is -0.437 e. The topological polar surface area (TPSA) is 29.3 Å². The van der Waals surface area contributed by atoms with Gasteiger partial charge in [-0.1, -0.05) is 12.1 Å². The average Bonchev–Trinajstić information content (AvgIpc) is 2.95. The van der Waals surface area contributed by atoms with Crippen LogP contribution in [0.1, 0.15) is 36.8 Å². The predicted octanol–water partition coefficient (Wildman–Crippen LogP) is 4.49. The lowest BCUT2D eigenvalue weighted by Gasteiger charge is -2.50. The first-order valence-electron chi connectivity index (χ1n) is 8.75. The molecule has 3 aromatic rings. The Morgan fingerprint density at radius 2 is 1.96 bits per heavy atom. The van der Waals surface area contributed by atoms with Crippen LogP contribution in [0.4, 0.5) is 0 Å². The molecule has 0 N–H and O–H groups in total. The van der Waals surface area contributed by atoms with Gasteiger partial charge in [-0.15, -0.1) is 0 Å². The smallest absolute Gasteiger partial charge is 0.227 e.